The van der Waals surface area contributed by atoms with E-state index in [1.54, 1.807) is 12.1 Å². The summed E-state index contributed by atoms with van der Waals surface area (Å²) in [6, 6.07) is 4.30. The van der Waals surface area contributed by atoms with E-state index in [4.69, 9.17) is 16.7 Å². The number of hydrogen-bond donors (Lipinski definition) is 2. The summed E-state index contributed by atoms with van der Waals surface area (Å²) >= 11 is 5.54. The number of piperidine rings is 1. The van der Waals surface area contributed by atoms with Gasteiger partial charge in [-0.25, -0.2) is 19.2 Å². The summed E-state index contributed by atoms with van der Waals surface area (Å²) in [5.41, 5.74) is -0.448. The van der Waals surface area contributed by atoms with Gasteiger partial charge in [-0.3, -0.25) is 0 Å². The van der Waals surface area contributed by atoms with Crippen LogP contribution in [-0.4, -0.2) is 39.2 Å². The van der Waals surface area contributed by atoms with Gasteiger partial charge in [0.1, 0.15) is 16.5 Å². The molecule has 2 N–H and O–H groups in total. The fourth-order valence-corrected chi connectivity index (χ4v) is 3.29. The highest BCUT2D eigenvalue weighted by atomic mass is 35.5. The molecular weight excluding hydrogens is 404 g/mol. The number of benzene rings is 1. The molecule has 1 fully saturated rings. The predicted molar refractivity (Wildman–Crippen MR) is 93.3 cm³/mol. The normalized spacial score (nSPS) is 15.5. The largest absolute Gasteiger partial charge is 0.465 e. The van der Waals surface area contributed by atoms with Crippen LogP contribution in [0.3, 0.4) is 0 Å². The Labute approximate surface area is 162 Å². The minimum absolute atomic E-state index is 0.110. The van der Waals surface area contributed by atoms with E-state index in [1.807, 2.05) is 0 Å². The molecule has 1 aromatic heterocycles. The van der Waals surface area contributed by atoms with E-state index in [1.165, 1.54) is 11.0 Å². The second-order valence-corrected chi connectivity index (χ2v) is 6.66. The third-order valence-corrected chi connectivity index (χ3v) is 4.80. The number of nitrogens with one attached hydrogen (secondary N) is 1. The van der Waals surface area contributed by atoms with Gasteiger partial charge in [-0.2, -0.15) is 13.2 Å². The van der Waals surface area contributed by atoms with Crippen LogP contribution in [0, 0.1) is 5.82 Å². The maximum absolute atomic E-state index is 14.5. The zero-order chi connectivity index (χ0) is 20.5. The zero-order valence-electron chi connectivity index (χ0n) is 14.3. The van der Waals surface area contributed by atoms with Crippen LogP contribution >= 0.6 is 11.6 Å². The Hall–Kier alpha value is -2.62. The van der Waals surface area contributed by atoms with E-state index in [9.17, 15) is 22.4 Å². The Balaban J connectivity index is 1.71. The van der Waals surface area contributed by atoms with Gasteiger partial charge in [-0.15, -0.1) is 0 Å². The van der Waals surface area contributed by atoms with Crippen molar-refractivity contribution in [3.8, 4) is 0 Å². The number of hydrogen-bond acceptors (Lipinski definition) is 4. The quantitative estimate of drug-likeness (QED) is 0.548. The first-order valence-corrected chi connectivity index (χ1v) is 8.67. The van der Waals surface area contributed by atoms with Gasteiger partial charge in [-0.05, 0) is 36.5 Å². The average molecular weight is 419 g/mol. The van der Waals surface area contributed by atoms with Crippen molar-refractivity contribution >= 4 is 29.3 Å². The summed E-state index contributed by atoms with van der Waals surface area (Å²) in [6.45, 7) is 0.661. The van der Waals surface area contributed by atoms with Gasteiger partial charge in [0.25, 0.3) is 0 Å². The lowest BCUT2D eigenvalue weighted by Gasteiger charge is -2.30. The van der Waals surface area contributed by atoms with Crippen molar-refractivity contribution < 1.29 is 27.5 Å². The van der Waals surface area contributed by atoms with E-state index in [0.717, 1.165) is 0 Å². The monoisotopic (exact) mass is 418 g/mol. The van der Waals surface area contributed by atoms with Crippen molar-refractivity contribution in [2.75, 3.05) is 18.4 Å². The number of nitrogens with zero attached hydrogens (tertiary/aromatic N) is 3. The number of aromatic nitrogens is 2. The summed E-state index contributed by atoms with van der Waals surface area (Å²) in [7, 11) is 0. The van der Waals surface area contributed by atoms with Crippen molar-refractivity contribution in [3.63, 3.8) is 0 Å². The van der Waals surface area contributed by atoms with E-state index in [0.29, 0.717) is 37.7 Å². The maximum Gasteiger partial charge on any atom is 0.420 e. The summed E-state index contributed by atoms with van der Waals surface area (Å²) in [5.74, 6) is -0.807. The minimum Gasteiger partial charge on any atom is -0.465 e. The van der Waals surface area contributed by atoms with Crippen LogP contribution in [0.1, 0.15) is 29.9 Å². The zero-order valence-corrected chi connectivity index (χ0v) is 15.1. The molecule has 11 heteroatoms. The van der Waals surface area contributed by atoms with Crippen molar-refractivity contribution in [1.29, 1.82) is 0 Å². The molecule has 0 saturated carbocycles. The van der Waals surface area contributed by atoms with Crippen LogP contribution in [0.5, 0.6) is 0 Å². The van der Waals surface area contributed by atoms with E-state index < -0.39 is 28.8 Å². The van der Waals surface area contributed by atoms with Crippen molar-refractivity contribution in [2.24, 2.45) is 0 Å². The molecule has 1 aromatic carbocycles. The van der Waals surface area contributed by atoms with Crippen LogP contribution in [0.15, 0.2) is 24.4 Å². The van der Waals surface area contributed by atoms with Crippen LogP contribution in [0.25, 0.3) is 0 Å². The molecule has 0 unspecified atom stereocenters. The molecule has 150 valence electrons. The van der Waals surface area contributed by atoms with Gasteiger partial charge in [0, 0.05) is 25.0 Å². The SMILES string of the molecule is O=C(O)N1CCC(c2ccc(Nc3ncc(C(F)(F)F)c(Cl)n3)cc2F)CC1. The third kappa shape index (κ3) is 4.44. The molecule has 6 nitrogen and oxygen atoms in total. The fourth-order valence-electron chi connectivity index (χ4n) is 3.06. The smallest absolute Gasteiger partial charge is 0.420 e. The van der Waals surface area contributed by atoms with Gasteiger partial charge in [0.15, 0.2) is 0 Å². The van der Waals surface area contributed by atoms with Crippen LogP contribution in [0.4, 0.5) is 34.0 Å². The predicted octanol–water partition coefficient (Wildman–Crippen LogP) is 4.89. The number of rotatable bonds is 3. The van der Waals surface area contributed by atoms with Gasteiger partial charge in [0.05, 0.1) is 0 Å². The van der Waals surface area contributed by atoms with Crippen LogP contribution in [-0.2, 0) is 6.18 Å². The number of carbonyl (C=O) groups is 1. The fraction of sp³-hybridized carbons (Fsp3) is 0.353. The summed E-state index contributed by atoms with van der Waals surface area (Å²) in [4.78, 5) is 19.3. The number of carboxylic acid groups (broad SMARTS) is 1. The number of amides is 1. The summed E-state index contributed by atoms with van der Waals surface area (Å²) in [5, 5.41) is 10.8. The van der Waals surface area contributed by atoms with E-state index in [2.05, 4.69) is 15.3 Å². The molecule has 0 atom stereocenters. The number of likely N-dealkylation sites (tertiary alicyclic amines) is 1. The molecule has 2 heterocycles. The van der Waals surface area contributed by atoms with Crippen LogP contribution in [0.2, 0.25) is 5.15 Å². The molecule has 0 aliphatic carbocycles. The highest BCUT2D eigenvalue weighted by molar-refractivity contribution is 6.30. The molecule has 0 radical (unpaired) electrons. The van der Waals surface area contributed by atoms with Gasteiger partial charge in [0.2, 0.25) is 5.95 Å². The molecule has 0 spiro atoms. The topological polar surface area (TPSA) is 78.4 Å². The second-order valence-electron chi connectivity index (χ2n) is 6.30. The molecule has 1 aliphatic rings. The Bertz CT molecular complexity index is 886. The Morgan fingerprint density at radius 3 is 2.50 bits per heavy atom. The average Bonchev–Trinajstić information content (AvgIpc) is 2.61. The minimum atomic E-state index is -4.67. The van der Waals surface area contributed by atoms with Gasteiger partial charge < -0.3 is 15.3 Å². The molecule has 3 rings (SSSR count). The standard InChI is InChI=1S/C17H15ClF4N4O2/c18-14-12(17(20,21)22)8-23-15(25-14)24-10-1-2-11(13(19)7-10)9-3-5-26(6-4-9)16(27)28/h1-2,7-9H,3-6H2,(H,27,28)(H,23,24,25). The Morgan fingerprint density at radius 1 is 1.29 bits per heavy atom. The highest BCUT2D eigenvalue weighted by Crippen LogP contribution is 2.34. The molecule has 28 heavy (non-hydrogen) atoms. The number of halogens is 5. The highest BCUT2D eigenvalue weighted by Gasteiger charge is 2.34. The Morgan fingerprint density at radius 2 is 1.96 bits per heavy atom. The van der Waals surface area contributed by atoms with E-state index >= 15 is 0 Å². The summed E-state index contributed by atoms with van der Waals surface area (Å²) in [6.07, 6.45) is -4.09. The van der Waals surface area contributed by atoms with Crippen molar-refractivity contribution in [2.45, 2.75) is 24.9 Å². The first kappa shape index (κ1) is 20.1. The molecule has 1 amide bonds. The number of anilines is 2. The van der Waals surface area contributed by atoms with Crippen LogP contribution < -0.4 is 5.32 Å². The van der Waals surface area contributed by atoms with Crippen molar-refractivity contribution in [1.82, 2.24) is 14.9 Å². The lowest BCUT2D eigenvalue weighted by atomic mass is 9.89. The van der Waals surface area contributed by atoms with Gasteiger partial charge in [-0.1, -0.05) is 17.7 Å². The number of alkyl halides is 3. The van der Waals surface area contributed by atoms with Gasteiger partial charge >= 0.3 is 12.3 Å². The third-order valence-electron chi connectivity index (χ3n) is 4.51. The first-order valence-electron chi connectivity index (χ1n) is 8.29. The van der Waals surface area contributed by atoms with Crippen molar-refractivity contribution in [3.05, 3.63) is 46.5 Å². The first-order chi connectivity index (χ1) is 13.1. The molecule has 1 saturated heterocycles. The van der Waals surface area contributed by atoms with E-state index in [-0.39, 0.29) is 17.6 Å². The lowest BCUT2D eigenvalue weighted by Crippen LogP contribution is -2.36. The lowest BCUT2D eigenvalue weighted by molar-refractivity contribution is -0.137. The molecule has 2 aromatic rings. The molecular formula is C17H15ClF4N4O2. The second kappa shape index (κ2) is 7.78. The Kier molecular flexibility index (Phi) is 5.59. The maximum atomic E-state index is 14.5. The molecule has 1 aliphatic heterocycles. The molecule has 0 bridgehead atoms. The summed E-state index contributed by atoms with van der Waals surface area (Å²) < 4.78 is 52.5.